The van der Waals surface area contributed by atoms with E-state index in [-0.39, 0.29) is 12.5 Å². The molecule has 5 nitrogen and oxygen atoms in total. The lowest BCUT2D eigenvalue weighted by Gasteiger charge is -2.21. The molecule has 27 heavy (non-hydrogen) atoms. The molecular formula is C21H26ClN3O2. The maximum atomic E-state index is 12.0. The second-order valence-corrected chi connectivity index (χ2v) is 7.31. The SMILES string of the molecule is Cc1cc(OCC(=O)NCc2ccc(N3CCCCCC3)nc2)ccc1Cl. The van der Waals surface area contributed by atoms with Crippen molar-refractivity contribution < 1.29 is 9.53 Å². The van der Waals surface area contributed by atoms with Crippen LogP contribution in [0.5, 0.6) is 5.75 Å². The van der Waals surface area contributed by atoms with Gasteiger partial charge in [-0.3, -0.25) is 4.79 Å². The molecule has 0 radical (unpaired) electrons. The Morgan fingerprint density at radius 3 is 2.63 bits per heavy atom. The molecule has 1 N–H and O–H groups in total. The molecule has 0 unspecified atom stereocenters. The van der Waals surface area contributed by atoms with Crippen LogP contribution in [0.1, 0.15) is 36.8 Å². The summed E-state index contributed by atoms with van der Waals surface area (Å²) in [6.45, 7) is 4.46. The number of ether oxygens (including phenoxy) is 1. The zero-order valence-electron chi connectivity index (χ0n) is 15.7. The molecule has 2 heterocycles. The van der Waals surface area contributed by atoms with Gasteiger partial charge in [0.15, 0.2) is 6.61 Å². The molecule has 0 saturated carbocycles. The van der Waals surface area contributed by atoms with Crippen LogP contribution in [0.3, 0.4) is 0 Å². The molecule has 1 fully saturated rings. The Balaban J connectivity index is 1.44. The van der Waals surface area contributed by atoms with Gasteiger partial charge in [0.05, 0.1) is 0 Å². The van der Waals surface area contributed by atoms with E-state index in [1.807, 2.05) is 31.3 Å². The minimum Gasteiger partial charge on any atom is -0.484 e. The molecule has 0 atom stereocenters. The highest BCUT2D eigenvalue weighted by atomic mass is 35.5. The Kier molecular flexibility index (Phi) is 6.93. The van der Waals surface area contributed by atoms with Gasteiger partial charge in [-0.25, -0.2) is 4.98 Å². The fourth-order valence-corrected chi connectivity index (χ4v) is 3.23. The minimum absolute atomic E-state index is 0.0274. The molecule has 144 valence electrons. The largest absolute Gasteiger partial charge is 0.484 e. The van der Waals surface area contributed by atoms with E-state index >= 15 is 0 Å². The molecule has 3 rings (SSSR count). The van der Waals surface area contributed by atoms with Gasteiger partial charge in [-0.1, -0.05) is 30.5 Å². The van der Waals surface area contributed by atoms with Crippen molar-refractivity contribution in [2.45, 2.75) is 39.2 Å². The van der Waals surface area contributed by atoms with Crippen molar-refractivity contribution in [3.05, 3.63) is 52.7 Å². The zero-order valence-corrected chi connectivity index (χ0v) is 16.5. The molecule has 1 aliphatic heterocycles. The first kappa shape index (κ1) is 19.5. The molecular weight excluding hydrogens is 362 g/mol. The molecule has 2 aromatic rings. The van der Waals surface area contributed by atoms with Crippen LogP contribution >= 0.6 is 11.6 Å². The molecule has 1 aromatic carbocycles. The summed E-state index contributed by atoms with van der Waals surface area (Å²) in [6.07, 6.45) is 6.90. The number of halogens is 1. The van der Waals surface area contributed by atoms with Crippen molar-refractivity contribution in [1.82, 2.24) is 10.3 Å². The lowest BCUT2D eigenvalue weighted by molar-refractivity contribution is -0.123. The number of anilines is 1. The molecule has 1 aliphatic rings. The van der Waals surface area contributed by atoms with Crippen molar-refractivity contribution in [2.24, 2.45) is 0 Å². The summed E-state index contributed by atoms with van der Waals surface area (Å²) in [5, 5.41) is 3.54. The first-order valence-electron chi connectivity index (χ1n) is 9.47. The summed E-state index contributed by atoms with van der Waals surface area (Å²) < 4.78 is 5.51. The smallest absolute Gasteiger partial charge is 0.258 e. The van der Waals surface area contributed by atoms with Crippen molar-refractivity contribution in [2.75, 3.05) is 24.6 Å². The van der Waals surface area contributed by atoms with Gasteiger partial charge in [0.2, 0.25) is 0 Å². The van der Waals surface area contributed by atoms with Crippen LogP contribution in [-0.4, -0.2) is 30.6 Å². The third kappa shape index (κ3) is 5.86. The molecule has 1 saturated heterocycles. The van der Waals surface area contributed by atoms with E-state index in [9.17, 15) is 4.79 Å². The second-order valence-electron chi connectivity index (χ2n) is 6.90. The van der Waals surface area contributed by atoms with E-state index in [2.05, 4.69) is 15.2 Å². The van der Waals surface area contributed by atoms with Gasteiger partial charge in [-0.2, -0.15) is 0 Å². The quantitative estimate of drug-likeness (QED) is 0.810. The van der Waals surface area contributed by atoms with Gasteiger partial charge >= 0.3 is 0 Å². The zero-order chi connectivity index (χ0) is 19.1. The Morgan fingerprint density at radius 2 is 1.96 bits per heavy atom. The number of carbonyl (C=O) groups excluding carboxylic acids is 1. The van der Waals surface area contributed by atoms with Crippen molar-refractivity contribution in [1.29, 1.82) is 0 Å². The summed E-state index contributed by atoms with van der Waals surface area (Å²) >= 11 is 5.99. The monoisotopic (exact) mass is 387 g/mol. The van der Waals surface area contributed by atoms with E-state index in [1.165, 1.54) is 25.7 Å². The van der Waals surface area contributed by atoms with Crippen LogP contribution in [-0.2, 0) is 11.3 Å². The van der Waals surface area contributed by atoms with E-state index in [1.54, 1.807) is 12.1 Å². The summed E-state index contributed by atoms with van der Waals surface area (Å²) in [5.74, 6) is 1.49. The molecule has 1 aromatic heterocycles. The van der Waals surface area contributed by atoms with Crippen LogP contribution in [0.15, 0.2) is 36.5 Å². The highest BCUT2D eigenvalue weighted by Gasteiger charge is 2.11. The Labute approximate surface area is 165 Å². The number of hydrogen-bond acceptors (Lipinski definition) is 4. The van der Waals surface area contributed by atoms with E-state index < -0.39 is 0 Å². The lowest BCUT2D eigenvalue weighted by Crippen LogP contribution is -2.28. The average molecular weight is 388 g/mol. The third-order valence-corrected chi connectivity index (χ3v) is 5.15. The van der Waals surface area contributed by atoms with E-state index in [0.717, 1.165) is 30.0 Å². The predicted molar refractivity (Wildman–Crippen MR) is 108 cm³/mol. The van der Waals surface area contributed by atoms with Crippen LogP contribution in [0, 0.1) is 6.92 Å². The number of rotatable bonds is 6. The Morgan fingerprint density at radius 1 is 1.19 bits per heavy atom. The molecule has 1 amide bonds. The van der Waals surface area contributed by atoms with Gasteiger partial charge in [0, 0.05) is 30.9 Å². The van der Waals surface area contributed by atoms with Crippen LogP contribution in [0.4, 0.5) is 5.82 Å². The van der Waals surface area contributed by atoms with Crippen LogP contribution < -0.4 is 15.0 Å². The Bertz CT molecular complexity index is 757. The number of benzene rings is 1. The van der Waals surface area contributed by atoms with Gasteiger partial charge < -0.3 is 15.0 Å². The highest BCUT2D eigenvalue weighted by molar-refractivity contribution is 6.31. The number of aromatic nitrogens is 1. The number of amides is 1. The van der Waals surface area contributed by atoms with E-state index in [4.69, 9.17) is 16.3 Å². The van der Waals surface area contributed by atoms with Gasteiger partial charge in [-0.05, 0) is 55.2 Å². The maximum Gasteiger partial charge on any atom is 0.258 e. The second kappa shape index (κ2) is 9.60. The molecule has 0 bridgehead atoms. The van der Waals surface area contributed by atoms with Crippen molar-refractivity contribution in [3.63, 3.8) is 0 Å². The number of aryl methyl sites for hydroxylation is 1. The Hall–Kier alpha value is -2.27. The molecule has 6 heteroatoms. The van der Waals surface area contributed by atoms with Gasteiger partial charge in [0.1, 0.15) is 11.6 Å². The fourth-order valence-electron chi connectivity index (χ4n) is 3.12. The molecule has 0 aliphatic carbocycles. The number of pyridine rings is 1. The maximum absolute atomic E-state index is 12.0. The van der Waals surface area contributed by atoms with Crippen molar-refractivity contribution in [3.8, 4) is 5.75 Å². The normalized spacial score (nSPS) is 14.5. The highest BCUT2D eigenvalue weighted by Crippen LogP contribution is 2.21. The lowest BCUT2D eigenvalue weighted by atomic mass is 10.2. The standard InChI is InChI=1S/C21H26ClN3O2/c1-16-12-18(7-8-19(16)22)27-15-21(26)24-14-17-6-9-20(23-13-17)25-10-4-2-3-5-11-25/h6-9,12-13H,2-5,10-11,14-15H2,1H3,(H,24,26). The number of nitrogens with zero attached hydrogens (tertiary/aromatic N) is 2. The van der Waals surface area contributed by atoms with E-state index in [0.29, 0.717) is 17.3 Å². The average Bonchev–Trinajstić information content (AvgIpc) is 2.97. The van der Waals surface area contributed by atoms with Crippen LogP contribution in [0.2, 0.25) is 5.02 Å². The molecule has 0 spiro atoms. The predicted octanol–water partition coefficient (Wildman–Crippen LogP) is 4.12. The summed E-state index contributed by atoms with van der Waals surface area (Å²) in [7, 11) is 0. The van der Waals surface area contributed by atoms with Gasteiger partial charge in [0.25, 0.3) is 5.91 Å². The first-order valence-corrected chi connectivity index (χ1v) is 9.85. The van der Waals surface area contributed by atoms with Crippen molar-refractivity contribution >= 4 is 23.3 Å². The summed E-state index contributed by atoms with van der Waals surface area (Å²) in [6, 6.07) is 9.41. The van der Waals surface area contributed by atoms with Crippen LogP contribution in [0.25, 0.3) is 0 Å². The third-order valence-electron chi connectivity index (χ3n) is 4.73. The number of nitrogens with one attached hydrogen (secondary N) is 1. The topological polar surface area (TPSA) is 54.5 Å². The summed E-state index contributed by atoms with van der Waals surface area (Å²) in [4.78, 5) is 18.9. The minimum atomic E-state index is -0.167. The number of carbonyl (C=O) groups is 1. The first-order chi connectivity index (χ1) is 13.1. The fraction of sp³-hybridized carbons (Fsp3) is 0.429. The van der Waals surface area contributed by atoms with Gasteiger partial charge in [-0.15, -0.1) is 0 Å². The number of hydrogen-bond donors (Lipinski definition) is 1. The summed E-state index contributed by atoms with van der Waals surface area (Å²) in [5.41, 5.74) is 1.90.